The van der Waals surface area contributed by atoms with Crippen molar-refractivity contribution < 1.29 is 9.59 Å². The largest absolute Gasteiger partial charge is 0.290 e. The van der Waals surface area contributed by atoms with Crippen LogP contribution in [-0.4, -0.2) is 11.6 Å². The van der Waals surface area contributed by atoms with Crippen molar-refractivity contribution in [1.82, 2.24) is 0 Å². The highest BCUT2D eigenvalue weighted by atomic mass is 16.2. The molecule has 1 fully saturated rings. The summed E-state index contributed by atoms with van der Waals surface area (Å²) in [5.74, 6) is -0.479. The van der Waals surface area contributed by atoms with Crippen molar-refractivity contribution in [3.8, 4) is 0 Å². The molecule has 2 atom stereocenters. The lowest BCUT2D eigenvalue weighted by molar-refractivity contribution is -0.142. The molecule has 2 bridgehead atoms. The second kappa shape index (κ2) is 1.78. The number of hydrogen-bond acceptors (Lipinski definition) is 2. The Bertz CT molecular complexity index is 203. The minimum atomic E-state index is -0.168. The first-order valence-corrected chi connectivity index (χ1v) is 3.55. The molecule has 3 aliphatic carbocycles. The van der Waals surface area contributed by atoms with Crippen LogP contribution < -0.4 is 0 Å². The summed E-state index contributed by atoms with van der Waals surface area (Å²) < 4.78 is 0. The molecular formula is C8H8O2. The zero-order valence-electron chi connectivity index (χ0n) is 5.54. The van der Waals surface area contributed by atoms with Gasteiger partial charge in [0, 0.05) is 11.8 Å². The Morgan fingerprint density at radius 2 is 1.40 bits per heavy atom. The molecular weight excluding hydrogens is 128 g/mol. The second-order valence-electron chi connectivity index (χ2n) is 2.90. The summed E-state index contributed by atoms with van der Waals surface area (Å²) in [6.45, 7) is 0. The van der Waals surface area contributed by atoms with Crippen LogP contribution in [0.4, 0.5) is 0 Å². The van der Waals surface area contributed by atoms with E-state index in [0.717, 1.165) is 12.8 Å². The summed E-state index contributed by atoms with van der Waals surface area (Å²) in [6, 6.07) is 0. The van der Waals surface area contributed by atoms with E-state index in [1.165, 1.54) is 0 Å². The van der Waals surface area contributed by atoms with Crippen LogP contribution in [0.3, 0.4) is 0 Å². The summed E-state index contributed by atoms with van der Waals surface area (Å²) in [5, 5.41) is 0. The smallest absolute Gasteiger partial charge is 0.205 e. The van der Waals surface area contributed by atoms with Crippen molar-refractivity contribution in [1.29, 1.82) is 0 Å². The molecule has 0 saturated heterocycles. The van der Waals surface area contributed by atoms with Gasteiger partial charge in [-0.15, -0.1) is 0 Å². The van der Waals surface area contributed by atoms with E-state index in [9.17, 15) is 9.59 Å². The first kappa shape index (κ1) is 5.83. The number of fused-ring (bicyclic) bond motifs is 2. The van der Waals surface area contributed by atoms with E-state index in [1.807, 2.05) is 12.2 Å². The molecule has 0 aliphatic heterocycles. The molecule has 0 aromatic carbocycles. The molecule has 0 amide bonds. The third-order valence-electron chi connectivity index (χ3n) is 2.28. The van der Waals surface area contributed by atoms with Gasteiger partial charge in [-0.3, -0.25) is 9.59 Å². The number of rotatable bonds is 0. The highest BCUT2D eigenvalue weighted by molar-refractivity contribution is 6.40. The van der Waals surface area contributed by atoms with E-state index >= 15 is 0 Å². The quantitative estimate of drug-likeness (QED) is 0.363. The number of carbonyl (C=O) groups is 2. The average molecular weight is 136 g/mol. The Morgan fingerprint density at radius 1 is 1.00 bits per heavy atom. The van der Waals surface area contributed by atoms with E-state index < -0.39 is 0 Å². The lowest BCUT2D eigenvalue weighted by atomic mass is 9.74. The SMILES string of the molecule is O=C1C(=O)[C@H]2C=C[C@@H]1CC2. The molecule has 0 N–H and O–H groups in total. The number of Topliss-reactive ketones (excluding diaryl/α,β-unsaturated/α-hetero) is 2. The minimum absolute atomic E-state index is 0.0718. The van der Waals surface area contributed by atoms with Gasteiger partial charge in [0.25, 0.3) is 0 Å². The summed E-state index contributed by atoms with van der Waals surface area (Å²) in [6.07, 6.45) is 5.51. The Labute approximate surface area is 58.9 Å². The molecule has 3 rings (SSSR count). The Kier molecular flexibility index (Phi) is 1.04. The van der Waals surface area contributed by atoms with Crippen molar-refractivity contribution in [2.45, 2.75) is 12.8 Å². The monoisotopic (exact) mass is 136 g/mol. The fourth-order valence-corrected chi connectivity index (χ4v) is 1.62. The van der Waals surface area contributed by atoms with Gasteiger partial charge in [-0.2, -0.15) is 0 Å². The van der Waals surface area contributed by atoms with Gasteiger partial charge in [0.15, 0.2) is 0 Å². The molecule has 0 radical (unpaired) electrons. The molecule has 2 heteroatoms. The van der Waals surface area contributed by atoms with Gasteiger partial charge in [-0.25, -0.2) is 0 Å². The lowest BCUT2D eigenvalue weighted by Crippen LogP contribution is -2.37. The summed E-state index contributed by atoms with van der Waals surface area (Å²) >= 11 is 0. The lowest BCUT2D eigenvalue weighted by Gasteiger charge is -2.26. The third kappa shape index (κ3) is 0.589. The molecule has 2 nitrogen and oxygen atoms in total. The molecule has 3 aliphatic rings. The topological polar surface area (TPSA) is 34.1 Å². The van der Waals surface area contributed by atoms with Crippen LogP contribution in [0.5, 0.6) is 0 Å². The van der Waals surface area contributed by atoms with Crippen molar-refractivity contribution in [2.75, 3.05) is 0 Å². The molecule has 0 spiro atoms. The van der Waals surface area contributed by atoms with Gasteiger partial charge >= 0.3 is 0 Å². The van der Waals surface area contributed by atoms with Crippen LogP contribution in [0.25, 0.3) is 0 Å². The van der Waals surface area contributed by atoms with Gasteiger partial charge in [-0.05, 0) is 12.8 Å². The Morgan fingerprint density at radius 3 is 1.60 bits per heavy atom. The van der Waals surface area contributed by atoms with Crippen LogP contribution in [0.1, 0.15) is 12.8 Å². The summed E-state index contributed by atoms with van der Waals surface area (Å²) in [5.41, 5.74) is 0. The molecule has 10 heavy (non-hydrogen) atoms. The van der Waals surface area contributed by atoms with Gasteiger partial charge in [0.05, 0.1) is 0 Å². The number of ketones is 2. The van der Waals surface area contributed by atoms with Crippen molar-refractivity contribution in [3.05, 3.63) is 12.2 Å². The molecule has 0 aromatic heterocycles. The van der Waals surface area contributed by atoms with Crippen molar-refractivity contribution in [2.24, 2.45) is 11.8 Å². The van der Waals surface area contributed by atoms with Crippen LogP contribution in [-0.2, 0) is 9.59 Å². The fraction of sp³-hybridized carbons (Fsp3) is 0.500. The Balaban J connectivity index is 2.42. The highest BCUT2D eigenvalue weighted by Gasteiger charge is 2.37. The first-order valence-electron chi connectivity index (χ1n) is 3.55. The van der Waals surface area contributed by atoms with Crippen LogP contribution in [0, 0.1) is 11.8 Å². The predicted molar refractivity (Wildman–Crippen MR) is 35.4 cm³/mol. The van der Waals surface area contributed by atoms with Crippen molar-refractivity contribution in [3.63, 3.8) is 0 Å². The molecule has 1 saturated carbocycles. The zero-order valence-corrected chi connectivity index (χ0v) is 5.54. The molecule has 52 valence electrons. The standard InChI is InChI=1S/C8H8O2/c9-7-5-1-2-6(4-3-5)8(7)10/h1-2,5-6H,3-4H2/t5-,6+. The van der Waals surface area contributed by atoms with E-state index in [1.54, 1.807) is 0 Å². The number of hydrogen-bond donors (Lipinski definition) is 0. The van der Waals surface area contributed by atoms with Gasteiger partial charge < -0.3 is 0 Å². The normalized spacial score (nSPS) is 37.2. The van der Waals surface area contributed by atoms with Gasteiger partial charge in [0.2, 0.25) is 11.6 Å². The van der Waals surface area contributed by atoms with E-state index in [4.69, 9.17) is 0 Å². The second-order valence-corrected chi connectivity index (χ2v) is 2.90. The maximum absolute atomic E-state index is 11.0. The first-order chi connectivity index (χ1) is 4.79. The molecule has 0 aromatic rings. The van der Waals surface area contributed by atoms with Crippen LogP contribution >= 0.6 is 0 Å². The summed E-state index contributed by atoms with van der Waals surface area (Å²) in [4.78, 5) is 22.0. The Hall–Kier alpha value is -0.920. The maximum Gasteiger partial charge on any atom is 0.205 e. The van der Waals surface area contributed by atoms with E-state index in [-0.39, 0.29) is 23.4 Å². The number of allylic oxidation sites excluding steroid dienone is 2. The highest BCUT2D eigenvalue weighted by Crippen LogP contribution is 2.30. The van der Waals surface area contributed by atoms with Gasteiger partial charge in [-0.1, -0.05) is 12.2 Å². The van der Waals surface area contributed by atoms with Crippen LogP contribution in [0.2, 0.25) is 0 Å². The van der Waals surface area contributed by atoms with Gasteiger partial charge in [0.1, 0.15) is 0 Å². The van der Waals surface area contributed by atoms with Crippen LogP contribution in [0.15, 0.2) is 12.2 Å². The number of carbonyl (C=O) groups excluding carboxylic acids is 2. The maximum atomic E-state index is 11.0. The molecule has 0 unspecified atom stereocenters. The van der Waals surface area contributed by atoms with E-state index in [0.29, 0.717) is 0 Å². The van der Waals surface area contributed by atoms with Crippen molar-refractivity contribution >= 4 is 11.6 Å². The minimum Gasteiger partial charge on any atom is -0.290 e. The third-order valence-corrected chi connectivity index (χ3v) is 2.28. The van der Waals surface area contributed by atoms with E-state index in [2.05, 4.69) is 0 Å². The average Bonchev–Trinajstić information content (AvgIpc) is 2.00. The summed E-state index contributed by atoms with van der Waals surface area (Å²) in [7, 11) is 0. The fourth-order valence-electron chi connectivity index (χ4n) is 1.62. The zero-order chi connectivity index (χ0) is 7.14. The predicted octanol–water partition coefficient (Wildman–Crippen LogP) is 0.721. The molecule has 0 heterocycles.